The highest BCUT2D eigenvalue weighted by molar-refractivity contribution is 6.13. The molecule has 0 spiro atoms. The summed E-state index contributed by atoms with van der Waals surface area (Å²) >= 11 is 0. The number of primary amides is 1. The Morgan fingerprint density at radius 3 is 1.71 bits per heavy atom. The maximum absolute atomic E-state index is 15.6. The molecule has 2 aromatic heterocycles. The van der Waals surface area contributed by atoms with Gasteiger partial charge in [-0.2, -0.15) is 0 Å². The van der Waals surface area contributed by atoms with Gasteiger partial charge in [0.25, 0.3) is 17.4 Å². The predicted octanol–water partition coefficient (Wildman–Crippen LogP) is -2.59. The number of hydrogen-bond acceptors (Lipinski definition) is 34. The Labute approximate surface area is 779 Å². The number of aromatic nitrogens is 2. The molecule has 0 unspecified atom stereocenters. The fraction of sp³-hybridized carbons (Fsp3) is 0.644. The number of cyclic esters (lactones) is 1. The van der Waals surface area contributed by atoms with Crippen molar-refractivity contribution in [3.05, 3.63) is 104 Å². The van der Waals surface area contributed by atoms with Crippen molar-refractivity contribution in [2.45, 2.75) is 210 Å². The second-order valence-corrected chi connectivity index (χ2v) is 33.5. The number of unbranched alkanes of at least 4 members (excludes halogenated alkanes) is 3. The molecular formula is C90H133FN12O32. The van der Waals surface area contributed by atoms with Gasteiger partial charge in [-0.3, -0.25) is 48.2 Å². The van der Waals surface area contributed by atoms with E-state index in [4.69, 9.17) is 68.3 Å². The monoisotopic (exact) mass is 1910 g/mol. The molecule has 2 aromatic carbocycles. The number of ether oxygens (including phenoxy) is 10. The number of aryl methyl sites for hydroxylation is 1. The maximum Gasteiger partial charge on any atom is 0.407 e. The summed E-state index contributed by atoms with van der Waals surface area (Å²) in [7, 11) is 0. The van der Waals surface area contributed by atoms with Gasteiger partial charge < -0.3 is 151 Å². The van der Waals surface area contributed by atoms with Gasteiger partial charge in [0.05, 0.1) is 166 Å². The van der Waals surface area contributed by atoms with Crippen LogP contribution in [-0.4, -0.2) is 360 Å². The summed E-state index contributed by atoms with van der Waals surface area (Å²) < 4.78 is 72.4. The number of nitrogens with zero attached hydrogens (tertiary/aromatic N) is 4. The number of aliphatic hydroxyl groups is 11. The summed E-state index contributed by atoms with van der Waals surface area (Å²) in [6, 6.07) is 3.98. The number of carbonyl (C=O) groups is 10. The summed E-state index contributed by atoms with van der Waals surface area (Å²) in [6.07, 6.45) is -10.2. The molecule has 0 radical (unpaired) electrons. The van der Waals surface area contributed by atoms with Gasteiger partial charge in [-0.1, -0.05) is 39.3 Å². The van der Waals surface area contributed by atoms with Crippen molar-refractivity contribution in [1.82, 2.24) is 51.3 Å². The van der Waals surface area contributed by atoms with Gasteiger partial charge in [-0.15, -0.1) is 0 Å². The molecule has 4 aromatic rings. The van der Waals surface area contributed by atoms with Gasteiger partial charge in [0, 0.05) is 92.5 Å². The quantitative estimate of drug-likeness (QED) is 0.0108. The van der Waals surface area contributed by atoms with Crippen molar-refractivity contribution in [3.63, 3.8) is 0 Å². The number of benzene rings is 2. The number of alkyl carbamates (subject to hydrolysis) is 1. The Bertz CT molecular complexity index is 4580. The lowest BCUT2D eigenvalue weighted by molar-refractivity contribution is -0.172. The lowest BCUT2D eigenvalue weighted by Crippen LogP contribution is -2.57. The van der Waals surface area contributed by atoms with E-state index < -0.39 is 176 Å². The van der Waals surface area contributed by atoms with Crippen LogP contribution in [0.3, 0.4) is 0 Å². The van der Waals surface area contributed by atoms with Crippen molar-refractivity contribution < 1.29 is 156 Å². The van der Waals surface area contributed by atoms with E-state index in [0.717, 1.165) is 4.90 Å². The molecule has 10 amide bonds. The molecule has 135 heavy (non-hydrogen) atoms. The van der Waals surface area contributed by atoms with Crippen LogP contribution in [0.5, 0.6) is 0 Å². The number of nitrogens with one attached hydrogen (secondary N) is 7. The van der Waals surface area contributed by atoms with E-state index in [1.807, 2.05) is 0 Å². The smallest absolute Gasteiger partial charge is 0.407 e. The first-order valence-electron chi connectivity index (χ1n) is 45.6. The van der Waals surface area contributed by atoms with Crippen molar-refractivity contribution >= 4 is 76.0 Å². The summed E-state index contributed by atoms with van der Waals surface area (Å²) in [4.78, 5) is 153. The minimum atomic E-state index is -2.09. The molecule has 0 bridgehead atoms. The number of amides is 10. The fourth-order valence-corrected chi connectivity index (χ4v) is 15.6. The molecule has 0 saturated carbocycles. The molecule has 4 aliphatic rings. The Kier molecular flexibility index (Phi) is 46.5. The van der Waals surface area contributed by atoms with Crippen molar-refractivity contribution in [2.75, 3.05) is 164 Å². The Morgan fingerprint density at radius 1 is 0.615 bits per heavy atom. The van der Waals surface area contributed by atoms with Gasteiger partial charge in [-0.05, 0) is 118 Å². The third-order valence-corrected chi connectivity index (χ3v) is 23.4. The minimum Gasteiger partial charge on any atom is -0.458 e. The molecule has 8 rings (SSSR count). The van der Waals surface area contributed by atoms with Crippen molar-refractivity contribution in [3.8, 4) is 11.4 Å². The number of aliphatic hydroxyl groups excluding tert-OH is 10. The molecule has 752 valence electrons. The standard InChI is InChI=1S/C90H133FN12O32/c1-5-90(125)60-44-66-78-58(46-103(66)86(121)59(60)52-134-87(90)122)76-62(20-19-57-54(4)61(91)45-65(97-78)75(57)76)99-89(124)135-51-55-15-17-56(18-16-55)95-83(118)64(13-11-25-94-88(92)123)98-85(120)77(53(2)3)100-84(119)63(96-72(111)14-7-6-10-26-102-73(112)21-22-74(102)113)12-8-9-24-93-71(110)23-28-126-30-32-128-34-36-130-38-40-132-42-43-133-41-39-131-37-35-129-33-31-127-29-27-101(47-67(106)79(114)81(116)69(108)49-104)48-68(107)80(115)82(117)70(109)50-105/h15-18,21-22,44-45,53,62-64,67-70,77,79-82,104-109,114-117,125H,5-14,19-20,23-43,46-52H2,1-4H3,(H,93,110)(H,95,118)(H,96,111)(H,98,120)(H,99,124)(H,100,119)(H3,92,94,123)/t62-,63-,64-,67-,68-,69+,70+,77-,79+,80+,81+,82+,90-/m0/s1. The summed E-state index contributed by atoms with van der Waals surface area (Å²) in [6.45, 7) is 7.61. The average Bonchev–Trinajstić information content (AvgIpc) is 1.53. The topological polar surface area (TPSA) is 637 Å². The number of urea groups is 1. The molecule has 45 heteroatoms. The largest absolute Gasteiger partial charge is 0.458 e. The average molecular weight is 1910 g/mol. The van der Waals surface area contributed by atoms with E-state index in [2.05, 4.69) is 37.2 Å². The summed E-state index contributed by atoms with van der Waals surface area (Å²) in [5.41, 5.74) is 7.03. The lowest BCUT2D eigenvalue weighted by atomic mass is 9.81. The molecule has 3 aliphatic heterocycles. The summed E-state index contributed by atoms with van der Waals surface area (Å²) in [5.74, 6) is -5.70. The highest BCUT2D eigenvalue weighted by atomic mass is 19.1. The zero-order valence-electron chi connectivity index (χ0n) is 76.6. The van der Waals surface area contributed by atoms with E-state index in [9.17, 15) is 98.7 Å². The Hall–Kier alpha value is -9.83. The third-order valence-electron chi connectivity index (χ3n) is 23.4. The highest BCUT2D eigenvalue weighted by Crippen LogP contribution is 2.46. The number of nitrogens with two attached hydrogens (primary N) is 1. The normalized spacial score (nSPS) is 17.4. The molecule has 0 fully saturated rings. The van der Waals surface area contributed by atoms with Crippen LogP contribution < -0.4 is 48.5 Å². The van der Waals surface area contributed by atoms with E-state index in [1.165, 1.54) is 27.7 Å². The van der Waals surface area contributed by atoms with Crippen LogP contribution in [0.4, 0.5) is 19.7 Å². The van der Waals surface area contributed by atoms with Gasteiger partial charge >= 0.3 is 18.1 Å². The van der Waals surface area contributed by atoms with Crippen molar-refractivity contribution in [2.24, 2.45) is 11.7 Å². The second kappa shape index (κ2) is 56.8. The van der Waals surface area contributed by atoms with E-state index in [1.54, 1.807) is 58.0 Å². The number of pyridine rings is 2. The van der Waals surface area contributed by atoms with Gasteiger partial charge in [0.1, 0.15) is 73.8 Å². The van der Waals surface area contributed by atoms with Crippen LogP contribution in [0, 0.1) is 18.7 Å². The third kappa shape index (κ3) is 33.5. The van der Waals surface area contributed by atoms with E-state index in [-0.39, 0.29) is 172 Å². The number of carbonyl (C=O) groups excluding carboxylic acids is 10. The van der Waals surface area contributed by atoms with Crippen LogP contribution in [0.15, 0.2) is 53.3 Å². The first-order valence-corrected chi connectivity index (χ1v) is 45.6. The molecule has 44 nitrogen and oxygen atoms in total. The number of esters is 1. The van der Waals surface area contributed by atoms with E-state index >= 15 is 4.39 Å². The zero-order valence-corrected chi connectivity index (χ0v) is 76.6. The van der Waals surface area contributed by atoms with Crippen molar-refractivity contribution in [1.29, 1.82) is 0 Å². The van der Waals surface area contributed by atoms with Gasteiger partial charge in [-0.25, -0.2) is 23.8 Å². The van der Waals surface area contributed by atoms with Crippen LogP contribution in [-0.2, 0) is 118 Å². The van der Waals surface area contributed by atoms with E-state index in [0.29, 0.717) is 136 Å². The van der Waals surface area contributed by atoms with Gasteiger partial charge in [0.2, 0.25) is 29.5 Å². The molecule has 0 saturated heterocycles. The SMILES string of the molecule is CC[C@@]1(O)C(=O)OCc2c1cc1n(c2=O)Cc2c-1nc1cc(F)c(C)c3c1c2[C@@H](NC(=O)OCc1ccc(NC(=O)[C@H](CCCNC(N)=O)NC(=O)[C@@H](NC(=O)[C@H](CCCCNC(=O)CCOCCOCCOCCOCCOCCOCCOCCOCCN(C[C@H](O)[C@@H](O)[C@H](O)[C@H](O)CO)C[C@H](O)[C@@H](O)[C@H](O)[C@H](O)CO)NC(=O)CCCCCN2C(=O)C=CC2=O)C(C)C)cc1)CC3. The molecule has 5 heterocycles. The van der Waals surface area contributed by atoms with Gasteiger partial charge in [0.15, 0.2) is 5.60 Å². The Morgan fingerprint density at radius 2 is 1.16 bits per heavy atom. The minimum absolute atomic E-state index is 0.00662. The maximum atomic E-state index is 15.6. The molecule has 13 atom stereocenters. The number of fused-ring (bicyclic) bond motifs is 5. The fourth-order valence-electron chi connectivity index (χ4n) is 15.6. The molecule has 20 N–H and O–H groups in total. The predicted molar refractivity (Wildman–Crippen MR) is 477 cm³/mol. The zero-order chi connectivity index (χ0) is 98.3. The first kappa shape index (κ1) is 110. The van der Waals surface area contributed by atoms with Crippen LogP contribution in [0.2, 0.25) is 0 Å². The molecular weight excluding hydrogens is 1780 g/mol. The lowest BCUT2D eigenvalue weighted by Gasteiger charge is -2.33. The number of hydrogen-bond donors (Lipinski definition) is 19. The summed E-state index contributed by atoms with van der Waals surface area (Å²) in [5, 5.41) is 131. The van der Waals surface area contributed by atoms with Crippen LogP contribution in [0.1, 0.15) is 143 Å². The number of imide groups is 1. The molecule has 1 aliphatic carbocycles. The first-order chi connectivity index (χ1) is 64.7. The number of anilines is 1. The van der Waals surface area contributed by atoms with Crippen LogP contribution in [0.25, 0.3) is 22.3 Å². The Balaban J connectivity index is 0.705. The second-order valence-electron chi connectivity index (χ2n) is 33.5. The number of rotatable bonds is 66. The van der Waals surface area contributed by atoms with Crippen LogP contribution >= 0.6 is 0 Å². The highest BCUT2D eigenvalue weighted by Gasteiger charge is 2.47. The number of halogens is 1.